The van der Waals surface area contributed by atoms with Gasteiger partial charge in [0.15, 0.2) is 0 Å². The van der Waals surface area contributed by atoms with Crippen LogP contribution < -0.4 is 0 Å². The zero-order valence-electron chi connectivity index (χ0n) is 8.43. The van der Waals surface area contributed by atoms with Crippen molar-refractivity contribution in [3.63, 3.8) is 0 Å². The van der Waals surface area contributed by atoms with Crippen LogP contribution in [0.25, 0.3) is 0 Å². The lowest BCUT2D eigenvalue weighted by Gasteiger charge is -2.51. The molecule has 1 fully saturated rings. The number of aliphatic hydroxyl groups is 1. The standard InChI is InChI=1S/C9H14F2O3/c1-7(2,13)8(6(12)14-3)4-9(10,11)5-8/h13H,4-5H2,1-3H3. The summed E-state index contributed by atoms with van der Waals surface area (Å²) in [5.41, 5.74) is -2.94. The first-order valence-electron chi connectivity index (χ1n) is 4.33. The second-order valence-electron chi connectivity index (χ2n) is 4.34. The van der Waals surface area contributed by atoms with E-state index in [0.717, 1.165) is 7.11 Å². The van der Waals surface area contributed by atoms with Crippen LogP contribution in [0.15, 0.2) is 0 Å². The summed E-state index contributed by atoms with van der Waals surface area (Å²) in [5, 5.41) is 9.69. The van der Waals surface area contributed by atoms with Crippen molar-refractivity contribution in [2.75, 3.05) is 7.11 Å². The van der Waals surface area contributed by atoms with E-state index in [1.54, 1.807) is 0 Å². The Labute approximate surface area is 81.1 Å². The number of alkyl halides is 2. The number of methoxy groups -OCH3 is 1. The molecule has 0 aromatic carbocycles. The van der Waals surface area contributed by atoms with Gasteiger partial charge in [0, 0.05) is 12.8 Å². The zero-order valence-corrected chi connectivity index (χ0v) is 8.43. The highest BCUT2D eigenvalue weighted by molar-refractivity contribution is 5.80. The van der Waals surface area contributed by atoms with Crippen LogP contribution in [0, 0.1) is 5.41 Å². The van der Waals surface area contributed by atoms with E-state index in [9.17, 15) is 18.7 Å². The van der Waals surface area contributed by atoms with Gasteiger partial charge in [0.25, 0.3) is 5.92 Å². The predicted octanol–water partition coefficient (Wildman–Crippen LogP) is 1.35. The molecule has 1 rings (SSSR count). The van der Waals surface area contributed by atoms with Crippen molar-refractivity contribution in [2.45, 2.75) is 38.2 Å². The molecule has 0 aliphatic heterocycles. The van der Waals surface area contributed by atoms with E-state index in [-0.39, 0.29) is 0 Å². The Bertz CT molecular complexity index is 247. The second kappa shape index (κ2) is 2.89. The number of rotatable bonds is 2. The average Bonchev–Trinajstić information content (AvgIpc) is 1.95. The smallest absolute Gasteiger partial charge is 0.315 e. The molecule has 0 atom stereocenters. The largest absolute Gasteiger partial charge is 0.469 e. The van der Waals surface area contributed by atoms with Gasteiger partial charge in [-0.1, -0.05) is 0 Å². The van der Waals surface area contributed by atoms with Crippen LogP contribution in [0.5, 0.6) is 0 Å². The minimum absolute atomic E-state index is 0.643. The lowest BCUT2D eigenvalue weighted by atomic mass is 9.57. The fraction of sp³-hybridized carbons (Fsp3) is 0.889. The molecule has 0 aromatic rings. The van der Waals surface area contributed by atoms with Gasteiger partial charge in [0.05, 0.1) is 12.7 Å². The Hall–Kier alpha value is -0.710. The van der Waals surface area contributed by atoms with E-state index in [1.165, 1.54) is 13.8 Å². The molecule has 0 unspecified atom stereocenters. The molecule has 0 saturated heterocycles. The molecule has 14 heavy (non-hydrogen) atoms. The normalized spacial score (nSPS) is 23.9. The molecule has 0 heterocycles. The maximum absolute atomic E-state index is 12.7. The van der Waals surface area contributed by atoms with E-state index in [2.05, 4.69) is 4.74 Å². The first-order chi connectivity index (χ1) is 6.15. The topological polar surface area (TPSA) is 46.5 Å². The van der Waals surface area contributed by atoms with Crippen molar-refractivity contribution >= 4 is 5.97 Å². The molecular weight excluding hydrogens is 194 g/mol. The zero-order chi connectivity index (χ0) is 11.2. The van der Waals surface area contributed by atoms with Crippen molar-refractivity contribution in [1.29, 1.82) is 0 Å². The van der Waals surface area contributed by atoms with Crippen molar-refractivity contribution in [2.24, 2.45) is 5.41 Å². The molecule has 3 nitrogen and oxygen atoms in total. The summed E-state index contributed by atoms with van der Waals surface area (Å²) in [6.45, 7) is 2.69. The monoisotopic (exact) mass is 208 g/mol. The van der Waals surface area contributed by atoms with Gasteiger partial charge in [-0.15, -0.1) is 0 Å². The third-order valence-electron chi connectivity index (χ3n) is 2.87. The lowest BCUT2D eigenvalue weighted by Crippen LogP contribution is -2.62. The molecule has 82 valence electrons. The molecule has 1 aliphatic carbocycles. The van der Waals surface area contributed by atoms with Crippen molar-refractivity contribution in [3.05, 3.63) is 0 Å². The van der Waals surface area contributed by atoms with Crippen molar-refractivity contribution in [1.82, 2.24) is 0 Å². The first kappa shape index (κ1) is 11.4. The fourth-order valence-corrected chi connectivity index (χ4v) is 1.85. The number of hydrogen-bond acceptors (Lipinski definition) is 3. The molecule has 0 radical (unpaired) electrons. The number of hydrogen-bond donors (Lipinski definition) is 1. The van der Waals surface area contributed by atoms with Crippen LogP contribution in [-0.2, 0) is 9.53 Å². The molecule has 5 heteroatoms. The molecule has 1 N–H and O–H groups in total. The van der Waals surface area contributed by atoms with Crippen molar-refractivity contribution < 1.29 is 23.4 Å². The lowest BCUT2D eigenvalue weighted by molar-refractivity contribution is -0.238. The van der Waals surface area contributed by atoms with Crippen LogP contribution in [0.3, 0.4) is 0 Å². The van der Waals surface area contributed by atoms with Gasteiger partial charge in [-0.3, -0.25) is 4.79 Å². The number of carbonyl (C=O) groups excluding carboxylic acids is 1. The fourth-order valence-electron chi connectivity index (χ4n) is 1.85. The van der Waals surface area contributed by atoms with E-state index in [1.807, 2.05) is 0 Å². The molecule has 0 spiro atoms. The SMILES string of the molecule is COC(=O)C1(C(C)(C)O)CC(F)(F)C1. The third kappa shape index (κ3) is 1.49. The van der Waals surface area contributed by atoms with E-state index >= 15 is 0 Å². The first-order valence-corrected chi connectivity index (χ1v) is 4.33. The average molecular weight is 208 g/mol. The Morgan fingerprint density at radius 2 is 1.86 bits per heavy atom. The van der Waals surface area contributed by atoms with Gasteiger partial charge in [-0.25, -0.2) is 8.78 Å². The van der Waals surface area contributed by atoms with Crippen molar-refractivity contribution in [3.8, 4) is 0 Å². The highest BCUT2D eigenvalue weighted by Gasteiger charge is 2.67. The number of ether oxygens (including phenoxy) is 1. The molecular formula is C9H14F2O3. The second-order valence-corrected chi connectivity index (χ2v) is 4.34. The Morgan fingerprint density at radius 1 is 1.43 bits per heavy atom. The highest BCUT2D eigenvalue weighted by atomic mass is 19.3. The summed E-state index contributed by atoms with van der Waals surface area (Å²) >= 11 is 0. The summed E-state index contributed by atoms with van der Waals surface area (Å²) < 4.78 is 29.9. The summed E-state index contributed by atoms with van der Waals surface area (Å²) in [6.07, 6.45) is -1.29. The van der Waals surface area contributed by atoms with Gasteiger partial charge >= 0.3 is 5.97 Å². The predicted molar refractivity (Wildman–Crippen MR) is 44.9 cm³/mol. The molecule has 0 aromatic heterocycles. The summed E-state index contributed by atoms with van der Waals surface area (Å²) in [4.78, 5) is 11.3. The highest BCUT2D eigenvalue weighted by Crippen LogP contribution is 2.58. The Morgan fingerprint density at radius 3 is 2.07 bits per heavy atom. The summed E-state index contributed by atoms with van der Waals surface area (Å²) in [7, 11) is 1.13. The van der Waals surface area contributed by atoms with Crippen LogP contribution in [0.1, 0.15) is 26.7 Å². The maximum atomic E-state index is 12.7. The van der Waals surface area contributed by atoms with Gasteiger partial charge < -0.3 is 9.84 Å². The van der Waals surface area contributed by atoms with E-state index < -0.39 is 35.7 Å². The molecule has 0 bridgehead atoms. The van der Waals surface area contributed by atoms with Crippen LogP contribution in [0.2, 0.25) is 0 Å². The van der Waals surface area contributed by atoms with Gasteiger partial charge in [-0.2, -0.15) is 0 Å². The molecule has 0 amide bonds. The Balaban J connectivity index is 2.92. The number of carbonyl (C=O) groups is 1. The summed E-state index contributed by atoms with van der Waals surface area (Å²) in [5.74, 6) is -3.63. The number of esters is 1. The van der Waals surface area contributed by atoms with Crippen LogP contribution in [0.4, 0.5) is 8.78 Å². The minimum Gasteiger partial charge on any atom is -0.469 e. The van der Waals surface area contributed by atoms with Crippen LogP contribution in [-0.4, -0.2) is 29.7 Å². The quantitative estimate of drug-likeness (QED) is 0.697. The number of halogens is 2. The van der Waals surface area contributed by atoms with Gasteiger partial charge in [-0.05, 0) is 13.8 Å². The van der Waals surface area contributed by atoms with Crippen LogP contribution >= 0.6 is 0 Å². The third-order valence-corrected chi connectivity index (χ3v) is 2.87. The Kier molecular flexibility index (Phi) is 2.34. The molecule has 1 aliphatic rings. The van der Waals surface area contributed by atoms with E-state index in [0.29, 0.717) is 0 Å². The van der Waals surface area contributed by atoms with Gasteiger partial charge in [0.2, 0.25) is 0 Å². The summed E-state index contributed by atoms with van der Waals surface area (Å²) in [6, 6.07) is 0. The maximum Gasteiger partial charge on any atom is 0.315 e. The van der Waals surface area contributed by atoms with E-state index in [4.69, 9.17) is 0 Å². The van der Waals surface area contributed by atoms with Gasteiger partial charge in [0.1, 0.15) is 5.41 Å². The molecule has 1 saturated carbocycles. The minimum atomic E-state index is -2.87.